The third kappa shape index (κ3) is 2.48. The van der Waals surface area contributed by atoms with E-state index in [0.29, 0.717) is 24.5 Å². The number of hydrogen-bond donors (Lipinski definition) is 1. The number of nitrogen functional groups attached to an aromatic ring is 1. The zero-order valence-electron chi connectivity index (χ0n) is 10.9. The van der Waals surface area contributed by atoms with Crippen LogP contribution in [0.5, 0.6) is 0 Å². The van der Waals surface area contributed by atoms with Gasteiger partial charge in [0.05, 0.1) is 18.0 Å². The number of piperidine rings is 1. The first kappa shape index (κ1) is 12.9. The summed E-state index contributed by atoms with van der Waals surface area (Å²) in [6, 6.07) is 0. The molecule has 0 saturated carbocycles. The molecular formula is C12H20N4O2. The van der Waals surface area contributed by atoms with Gasteiger partial charge in [0.25, 0.3) is 5.91 Å². The van der Waals surface area contributed by atoms with E-state index >= 15 is 0 Å². The number of carbonyl (C=O) groups is 1. The van der Waals surface area contributed by atoms with Crippen molar-refractivity contribution in [3.8, 4) is 0 Å². The van der Waals surface area contributed by atoms with Gasteiger partial charge in [-0.25, -0.2) is 0 Å². The van der Waals surface area contributed by atoms with Crippen LogP contribution in [0.3, 0.4) is 0 Å². The molecule has 0 unspecified atom stereocenters. The summed E-state index contributed by atoms with van der Waals surface area (Å²) in [7, 11) is 1.73. The van der Waals surface area contributed by atoms with Crippen molar-refractivity contribution in [3.63, 3.8) is 0 Å². The lowest BCUT2D eigenvalue weighted by Gasteiger charge is -2.31. The van der Waals surface area contributed by atoms with Crippen LogP contribution in [0.1, 0.15) is 30.3 Å². The first-order valence-corrected chi connectivity index (χ1v) is 6.31. The second kappa shape index (κ2) is 5.39. The minimum Gasteiger partial charge on any atom is -0.396 e. The molecule has 100 valence electrons. The molecule has 1 saturated heterocycles. The second-order valence-electron chi connectivity index (χ2n) is 4.52. The normalized spacial score (nSPS) is 17.1. The Hall–Kier alpha value is -1.56. The van der Waals surface area contributed by atoms with Crippen molar-refractivity contribution in [2.24, 2.45) is 7.05 Å². The van der Waals surface area contributed by atoms with Gasteiger partial charge >= 0.3 is 0 Å². The molecule has 0 atom stereocenters. The highest BCUT2D eigenvalue weighted by atomic mass is 16.5. The molecule has 0 radical (unpaired) electrons. The van der Waals surface area contributed by atoms with Crippen molar-refractivity contribution in [2.75, 3.05) is 25.4 Å². The standard InChI is InChI=1S/C12H20N4O2/c1-3-18-9-4-6-16(7-5-9)12(17)11-10(13)8-14-15(11)2/h8-9H,3-7,13H2,1-2H3. The molecule has 18 heavy (non-hydrogen) atoms. The number of likely N-dealkylation sites (tertiary alicyclic amines) is 1. The van der Waals surface area contributed by atoms with Gasteiger partial charge in [0.15, 0.2) is 0 Å². The predicted molar refractivity (Wildman–Crippen MR) is 68.2 cm³/mol. The highest BCUT2D eigenvalue weighted by Gasteiger charge is 2.26. The highest BCUT2D eigenvalue weighted by Crippen LogP contribution is 2.18. The van der Waals surface area contributed by atoms with Crippen LogP contribution in [0.15, 0.2) is 6.20 Å². The first-order chi connectivity index (χ1) is 8.63. The Bertz CT molecular complexity index is 402. The third-order valence-corrected chi connectivity index (χ3v) is 3.30. The summed E-state index contributed by atoms with van der Waals surface area (Å²) >= 11 is 0. The molecule has 0 bridgehead atoms. The molecule has 1 aromatic heterocycles. The molecule has 6 heteroatoms. The fourth-order valence-corrected chi connectivity index (χ4v) is 2.33. The number of carbonyl (C=O) groups excluding carboxylic acids is 1. The van der Waals surface area contributed by atoms with E-state index in [1.807, 2.05) is 11.8 Å². The highest BCUT2D eigenvalue weighted by molar-refractivity contribution is 5.97. The minimum atomic E-state index is -0.0394. The molecule has 1 fully saturated rings. The van der Waals surface area contributed by atoms with Crippen LogP contribution >= 0.6 is 0 Å². The number of aromatic nitrogens is 2. The third-order valence-electron chi connectivity index (χ3n) is 3.30. The Labute approximate surface area is 107 Å². The number of rotatable bonds is 3. The van der Waals surface area contributed by atoms with Crippen LogP contribution in [0.4, 0.5) is 5.69 Å². The molecule has 1 aliphatic rings. The number of amides is 1. The minimum absolute atomic E-state index is 0.0394. The van der Waals surface area contributed by atoms with E-state index in [2.05, 4.69) is 5.10 Å². The van der Waals surface area contributed by atoms with E-state index in [-0.39, 0.29) is 12.0 Å². The average Bonchev–Trinajstić information content (AvgIpc) is 2.70. The van der Waals surface area contributed by atoms with E-state index in [1.165, 1.54) is 10.9 Å². The molecule has 2 rings (SSSR count). The second-order valence-corrected chi connectivity index (χ2v) is 4.52. The van der Waals surface area contributed by atoms with E-state index in [9.17, 15) is 4.79 Å². The quantitative estimate of drug-likeness (QED) is 0.857. The van der Waals surface area contributed by atoms with Gasteiger partial charge in [0, 0.05) is 26.7 Å². The van der Waals surface area contributed by atoms with Crippen LogP contribution in [0, 0.1) is 0 Å². The van der Waals surface area contributed by atoms with Crippen LogP contribution in [-0.4, -0.2) is 46.4 Å². The van der Waals surface area contributed by atoms with Crippen molar-refractivity contribution in [1.29, 1.82) is 0 Å². The molecule has 0 spiro atoms. The lowest BCUT2D eigenvalue weighted by Crippen LogP contribution is -2.41. The maximum Gasteiger partial charge on any atom is 0.274 e. The van der Waals surface area contributed by atoms with Crippen molar-refractivity contribution in [1.82, 2.24) is 14.7 Å². The maximum atomic E-state index is 12.3. The SMILES string of the molecule is CCOC1CCN(C(=O)c2c(N)cnn2C)CC1. The largest absolute Gasteiger partial charge is 0.396 e. The summed E-state index contributed by atoms with van der Waals surface area (Å²) in [4.78, 5) is 14.1. The van der Waals surface area contributed by atoms with Crippen LogP contribution < -0.4 is 5.73 Å². The Balaban J connectivity index is 2.00. The fraction of sp³-hybridized carbons (Fsp3) is 0.667. The number of anilines is 1. The zero-order chi connectivity index (χ0) is 13.1. The molecular weight excluding hydrogens is 232 g/mol. The molecule has 0 aromatic carbocycles. The van der Waals surface area contributed by atoms with Crippen molar-refractivity contribution >= 4 is 11.6 Å². The van der Waals surface area contributed by atoms with E-state index in [1.54, 1.807) is 7.05 Å². The Kier molecular flexibility index (Phi) is 3.86. The monoisotopic (exact) mass is 252 g/mol. The molecule has 1 aromatic rings. The van der Waals surface area contributed by atoms with Crippen LogP contribution in [0.25, 0.3) is 0 Å². The molecule has 2 heterocycles. The van der Waals surface area contributed by atoms with Crippen LogP contribution in [0.2, 0.25) is 0 Å². The Morgan fingerprint density at radius 1 is 1.56 bits per heavy atom. The van der Waals surface area contributed by atoms with Gasteiger partial charge in [0.1, 0.15) is 5.69 Å². The van der Waals surface area contributed by atoms with Gasteiger partial charge in [-0.3, -0.25) is 9.48 Å². The molecule has 0 aliphatic carbocycles. The Morgan fingerprint density at radius 2 is 2.22 bits per heavy atom. The molecule has 1 aliphatic heterocycles. The van der Waals surface area contributed by atoms with Crippen molar-refractivity contribution in [3.05, 3.63) is 11.9 Å². The average molecular weight is 252 g/mol. The fourth-order valence-electron chi connectivity index (χ4n) is 2.33. The summed E-state index contributed by atoms with van der Waals surface area (Å²) in [5.41, 5.74) is 6.68. The summed E-state index contributed by atoms with van der Waals surface area (Å²) in [5.74, 6) is -0.0394. The number of nitrogens with two attached hydrogens (primary N) is 1. The van der Waals surface area contributed by atoms with Gasteiger partial charge < -0.3 is 15.4 Å². The summed E-state index contributed by atoms with van der Waals surface area (Å²) < 4.78 is 7.10. The van der Waals surface area contributed by atoms with E-state index in [4.69, 9.17) is 10.5 Å². The summed E-state index contributed by atoms with van der Waals surface area (Å²) in [5, 5.41) is 4.00. The lowest BCUT2D eigenvalue weighted by molar-refractivity contribution is 0.0143. The number of ether oxygens (including phenoxy) is 1. The number of aryl methyl sites for hydroxylation is 1. The van der Waals surface area contributed by atoms with Crippen LogP contribution in [-0.2, 0) is 11.8 Å². The summed E-state index contributed by atoms with van der Waals surface area (Å²) in [6.07, 6.45) is 3.57. The van der Waals surface area contributed by atoms with Gasteiger partial charge in [-0.1, -0.05) is 0 Å². The van der Waals surface area contributed by atoms with Crippen molar-refractivity contribution in [2.45, 2.75) is 25.9 Å². The Morgan fingerprint density at radius 3 is 2.72 bits per heavy atom. The first-order valence-electron chi connectivity index (χ1n) is 6.31. The molecule has 2 N–H and O–H groups in total. The van der Waals surface area contributed by atoms with Gasteiger partial charge in [-0.2, -0.15) is 5.10 Å². The maximum absolute atomic E-state index is 12.3. The predicted octanol–water partition coefficient (Wildman–Crippen LogP) is 0.643. The van der Waals surface area contributed by atoms with Gasteiger partial charge in [-0.15, -0.1) is 0 Å². The van der Waals surface area contributed by atoms with Crippen molar-refractivity contribution < 1.29 is 9.53 Å². The topological polar surface area (TPSA) is 73.4 Å². The smallest absolute Gasteiger partial charge is 0.274 e. The van der Waals surface area contributed by atoms with E-state index < -0.39 is 0 Å². The lowest BCUT2D eigenvalue weighted by atomic mass is 10.1. The van der Waals surface area contributed by atoms with Gasteiger partial charge in [0.2, 0.25) is 0 Å². The molecule has 1 amide bonds. The van der Waals surface area contributed by atoms with E-state index in [0.717, 1.165) is 19.4 Å². The number of hydrogen-bond acceptors (Lipinski definition) is 4. The molecule has 6 nitrogen and oxygen atoms in total. The number of nitrogens with zero attached hydrogens (tertiary/aromatic N) is 3. The van der Waals surface area contributed by atoms with Gasteiger partial charge in [-0.05, 0) is 19.8 Å². The zero-order valence-corrected chi connectivity index (χ0v) is 10.9. The summed E-state index contributed by atoms with van der Waals surface area (Å²) in [6.45, 7) is 4.16.